The summed E-state index contributed by atoms with van der Waals surface area (Å²) in [5, 5.41) is 9.39. The number of hydrogen-bond donors (Lipinski definition) is 0. The first-order valence-electron chi connectivity index (χ1n) is 6.22. The van der Waals surface area contributed by atoms with Crippen molar-refractivity contribution in [1.29, 1.82) is 5.26 Å². The zero-order valence-corrected chi connectivity index (χ0v) is 12.5. The first-order chi connectivity index (χ1) is 9.58. The van der Waals surface area contributed by atoms with E-state index in [-0.39, 0.29) is 5.78 Å². The fourth-order valence-corrected chi connectivity index (χ4v) is 3.02. The van der Waals surface area contributed by atoms with E-state index in [1.165, 1.54) is 18.4 Å². The lowest BCUT2D eigenvalue weighted by Crippen LogP contribution is -2.11. The quantitative estimate of drug-likeness (QED) is 0.801. The third-order valence-corrected chi connectivity index (χ3v) is 4.42. The number of hydrogen-bond acceptors (Lipinski definition) is 4. The third-order valence-electron chi connectivity index (χ3n) is 3.25. The van der Waals surface area contributed by atoms with E-state index in [1.54, 1.807) is 18.2 Å². The molecule has 4 heteroatoms. The van der Waals surface area contributed by atoms with Crippen LogP contribution in [0.5, 0.6) is 5.75 Å². The topological polar surface area (TPSA) is 50.1 Å². The second-order valence-corrected chi connectivity index (χ2v) is 5.77. The van der Waals surface area contributed by atoms with Crippen molar-refractivity contribution in [2.45, 2.75) is 19.8 Å². The van der Waals surface area contributed by atoms with Gasteiger partial charge in [0.05, 0.1) is 18.1 Å². The summed E-state index contributed by atoms with van der Waals surface area (Å²) >= 11 is 1.43. The number of carbonyl (C=O) groups excluding carboxylic acids is 1. The number of Topliss-reactive ketones (excluding diaryl/α,β-unsaturated/α-hetero) is 1. The van der Waals surface area contributed by atoms with Gasteiger partial charge in [0, 0.05) is 10.4 Å². The molecule has 0 N–H and O–H groups in total. The number of benzene rings is 1. The van der Waals surface area contributed by atoms with Crippen molar-refractivity contribution >= 4 is 17.1 Å². The highest BCUT2D eigenvalue weighted by Gasteiger charge is 2.26. The molecular weight excluding hydrogens is 270 g/mol. The highest BCUT2D eigenvalue weighted by molar-refractivity contribution is 7.14. The summed E-state index contributed by atoms with van der Waals surface area (Å²) in [6.07, 6.45) is 0. The lowest BCUT2D eigenvalue weighted by Gasteiger charge is -2.11. The number of ketones is 1. The SMILES string of the molecule is COc1ccccc1C(C#N)C(=O)c1cc(C)c(C)s1. The molecule has 2 aromatic rings. The molecular formula is C16H15NO2S. The Morgan fingerprint density at radius 2 is 2.05 bits per heavy atom. The molecule has 0 saturated carbocycles. The van der Waals surface area contributed by atoms with Crippen LogP contribution in [0.3, 0.4) is 0 Å². The van der Waals surface area contributed by atoms with Gasteiger partial charge in [0.2, 0.25) is 0 Å². The van der Waals surface area contributed by atoms with Crippen LogP contribution in [0.2, 0.25) is 0 Å². The summed E-state index contributed by atoms with van der Waals surface area (Å²) in [4.78, 5) is 14.3. The molecule has 0 spiro atoms. The van der Waals surface area contributed by atoms with Gasteiger partial charge in [-0.2, -0.15) is 5.26 Å². The van der Waals surface area contributed by atoms with E-state index in [0.29, 0.717) is 16.2 Å². The molecule has 0 aliphatic carbocycles. The van der Waals surface area contributed by atoms with Crippen molar-refractivity contribution in [3.05, 3.63) is 51.2 Å². The van der Waals surface area contributed by atoms with Gasteiger partial charge in [-0.25, -0.2) is 0 Å². The zero-order valence-electron chi connectivity index (χ0n) is 11.6. The van der Waals surface area contributed by atoms with E-state index in [9.17, 15) is 10.1 Å². The van der Waals surface area contributed by atoms with Crippen LogP contribution < -0.4 is 4.74 Å². The molecule has 1 atom stereocenters. The van der Waals surface area contributed by atoms with Gasteiger partial charge >= 0.3 is 0 Å². The molecule has 0 radical (unpaired) electrons. The molecule has 1 aromatic heterocycles. The van der Waals surface area contributed by atoms with Crippen molar-refractivity contribution in [2.24, 2.45) is 0 Å². The van der Waals surface area contributed by atoms with Crippen LogP contribution in [-0.2, 0) is 0 Å². The van der Waals surface area contributed by atoms with Crippen molar-refractivity contribution in [2.75, 3.05) is 7.11 Å². The average molecular weight is 285 g/mol. The third kappa shape index (κ3) is 2.59. The van der Waals surface area contributed by atoms with Crippen LogP contribution in [0.1, 0.15) is 31.6 Å². The molecule has 20 heavy (non-hydrogen) atoms. The van der Waals surface area contributed by atoms with Crippen molar-refractivity contribution in [1.82, 2.24) is 0 Å². The van der Waals surface area contributed by atoms with E-state index < -0.39 is 5.92 Å². The minimum Gasteiger partial charge on any atom is -0.496 e. The van der Waals surface area contributed by atoms with Crippen molar-refractivity contribution in [3.8, 4) is 11.8 Å². The van der Waals surface area contributed by atoms with E-state index in [0.717, 1.165) is 10.4 Å². The van der Waals surface area contributed by atoms with Crippen molar-refractivity contribution in [3.63, 3.8) is 0 Å². The van der Waals surface area contributed by atoms with Crippen LogP contribution in [0.25, 0.3) is 0 Å². The largest absolute Gasteiger partial charge is 0.496 e. The minimum atomic E-state index is -0.830. The number of nitriles is 1. The molecule has 2 rings (SSSR count). The summed E-state index contributed by atoms with van der Waals surface area (Å²) in [6, 6.07) is 11.1. The maximum absolute atomic E-state index is 12.5. The van der Waals surface area contributed by atoms with Crippen LogP contribution >= 0.6 is 11.3 Å². The lowest BCUT2D eigenvalue weighted by molar-refractivity contribution is 0.0981. The normalized spacial score (nSPS) is 11.7. The summed E-state index contributed by atoms with van der Waals surface area (Å²) in [7, 11) is 1.54. The van der Waals surface area contributed by atoms with Gasteiger partial charge in [0.25, 0.3) is 0 Å². The van der Waals surface area contributed by atoms with E-state index >= 15 is 0 Å². The Balaban J connectivity index is 2.42. The Hall–Kier alpha value is -2.12. The molecule has 0 amide bonds. The summed E-state index contributed by atoms with van der Waals surface area (Å²) in [5.41, 5.74) is 1.70. The molecule has 0 saturated heterocycles. The molecule has 0 aliphatic heterocycles. The number of para-hydroxylation sites is 1. The first-order valence-corrected chi connectivity index (χ1v) is 7.04. The Morgan fingerprint density at radius 1 is 1.35 bits per heavy atom. The monoisotopic (exact) mass is 285 g/mol. The van der Waals surface area contributed by atoms with Crippen LogP contribution in [0, 0.1) is 25.2 Å². The molecule has 0 fully saturated rings. The highest BCUT2D eigenvalue weighted by Crippen LogP contribution is 2.31. The van der Waals surface area contributed by atoms with E-state index in [1.807, 2.05) is 26.0 Å². The number of methoxy groups -OCH3 is 1. The number of nitrogens with zero attached hydrogens (tertiary/aromatic N) is 1. The standard InChI is InChI=1S/C16H15NO2S/c1-10-8-15(20-11(10)2)16(18)13(9-17)12-6-4-5-7-14(12)19-3/h4-8,13H,1-3H3. The molecule has 0 aliphatic rings. The maximum atomic E-state index is 12.5. The predicted molar refractivity (Wildman–Crippen MR) is 79.5 cm³/mol. The maximum Gasteiger partial charge on any atom is 0.194 e. The Kier molecular flexibility index (Phi) is 4.21. The van der Waals surface area contributed by atoms with Gasteiger partial charge < -0.3 is 4.74 Å². The molecule has 1 unspecified atom stereocenters. The minimum absolute atomic E-state index is 0.168. The van der Waals surface area contributed by atoms with Gasteiger partial charge in [-0.05, 0) is 31.5 Å². The van der Waals surface area contributed by atoms with Gasteiger partial charge in [0.1, 0.15) is 11.7 Å². The molecule has 3 nitrogen and oxygen atoms in total. The Bertz CT molecular complexity index is 663. The number of carbonyl (C=O) groups is 1. The van der Waals surface area contributed by atoms with Crippen LogP contribution in [0.4, 0.5) is 0 Å². The fourth-order valence-electron chi connectivity index (χ4n) is 2.01. The second-order valence-electron chi connectivity index (χ2n) is 4.52. The second kappa shape index (κ2) is 5.89. The van der Waals surface area contributed by atoms with Gasteiger partial charge in [-0.15, -0.1) is 11.3 Å². The van der Waals surface area contributed by atoms with Gasteiger partial charge in [-0.1, -0.05) is 18.2 Å². The van der Waals surface area contributed by atoms with Crippen LogP contribution in [-0.4, -0.2) is 12.9 Å². The number of thiophene rings is 1. The molecule has 0 bridgehead atoms. The predicted octanol–water partition coefficient (Wildman–Crippen LogP) is 3.86. The van der Waals surface area contributed by atoms with E-state index in [2.05, 4.69) is 6.07 Å². The number of rotatable bonds is 4. The number of ether oxygens (including phenoxy) is 1. The zero-order chi connectivity index (χ0) is 14.7. The molecule has 1 aromatic carbocycles. The van der Waals surface area contributed by atoms with Crippen molar-refractivity contribution < 1.29 is 9.53 Å². The van der Waals surface area contributed by atoms with Gasteiger partial charge in [0.15, 0.2) is 5.78 Å². The summed E-state index contributed by atoms with van der Waals surface area (Å²) < 4.78 is 5.24. The summed E-state index contributed by atoms with van der Waals surface area (Å²) in [5.74, 6) is -0.431. The fraction of sp³-hybridized carbons (Fsp3) is 0.250. The molecule has 1 heterocycles. The highest BCUT2D eigenvalue weighted by atomic mass is 32.1. The number of aryl methyl sites for hydroxylation is 2. The van der Waals surface area contributed by atoms with Gasteiger partial charge in [-0.3, -0.25) is 4.79 Å². The average Bonchev–Trinajstić information content (AvgIpc) is 2.80. The first kappa shape index (κ1) is 14.3. The lowest BCUT2D eigenvalue weighted by atomic mass is 9.94. The summed E-state index contributed by atoms with van der Waals surface area (Å²) in [6.45, 7) is 3.94. The van der Waals surface area contributed by atoms with Crippen LogP contribution in [0.15, 0.2) is 30.3 Å². The Labute approximate surface area is 122 Å². The molecule has 102 valence electrons. The smallest absolute Gasteiger partial charge is 0.194 e. The Morgan fingerprint density at radius 3 is 2.60 bits per heavy atom. The van der Waals surface area contributed by atoms with E-state index in [4.69, 9.17) is 4.74 Å².